The van der Waals surface area contributed by atoms with Crippen molar-refractivity contribution < 1.29 is 14.6 Å². The topological polar surface area (TPSA) is 42.0 Å². The molecule has 162 valence electrons. The zero-order valence-electron chi connectivity index (χ0n) is 17.6. The van der Waals surface area contributed by atoms with Crippen molar-refractivity contribution >= 4 is 63.7 Å². The first-order valence-corrected chi connectivity index (χ1v) is 12.5. The summed E-state index contributed by atoms with van der Waals surface area (Å²) in [5.41, 5.74) is 1.94. The van der Waals surface area contributed by atoms with Gasteiger partial charge in [-0.15, -0.1) is 0 Å². The number of benzene rings is 2. The SMILES string of the molecule is CC1CO1.CCC.COc1c(Br)cc(C(C)(C)c2cc(Br)c(O)c(Br)c2)cc1Br. The van der Waals surface area contributed by atoms with Crippen LogP contribution >= 0.6 is 63.7 Å². The molecule has 1 atom stereocenters. The van der Waals surface area contributed by atoms with Gasteiger partial charge >= 0.3 is 0 Å². The van der Waals surface area contributed by atoms with E-state index in [4.69, 9.17) is 9.47 Å². The fraction of sp³-hybridized carbons (Fsp3) is 0.455. The fourth-order valence-electron chi connectivity index (χ4n) is 2.30. The Bertz CT molecular complexity index is 772. The van der Waals surface area contributed by atoms with Crippen LogP contribution in [0.1, 0.15) is 52.2 Å². The second kappa shape index (κ2) is 12.1. The Hall–Kier alpha value is -0.0800. The number of rotatable bonds is 3. The van der Waals surface area contributed by atoms with Gasteiger partial charge in [0.05, 0.1) is 37.7 Å². The highest BCUT2D eigenvalue weighted by Gasteiger charge is 2.27. The number of aromatic hydroxyl groups is 1. The van der Waals surface area contributed by atoms with Crippen LogP contribution in [0.3, 0.4) is 0 Å². The maximum Gasteiger partial charge on any atom is 0.147 e. The van der Waals surface area contributed by atoms with Crippen molar-refractivity contribution in [2.75, 3.05) is 13.7 Å². The third-order valence-electron chi connectivity index (χ3n) is 4.16. The summed E-state index contributed by atoms with van der Waals surface area (Å²) >= 11 is 13.9. The molecule has 2 aromatic rings. The second-order valence-corrected chi connectivity index (χ2v) is 10.7. The molecule has 29 heavy (non-hydrogen) atoms. The molecule has 0 spiro atoms. The minimum atomic E-state index is -0.254. The van der Waals surface area contributed by atoms with Crippen molar-refractivity contribution in [3.63, 3.8) is 0 Å². The number of phenols is 1. The van der Waals surface area contributed by atoms with Crippen LogP contribution in [-0.4, -0.2) is 24.9 Å². The van der Waals surface area contributed by atoms with Gasteiger partial charge in [0.2, 0.25) is 0 Å². The molecule has 1 unspecified atom stereocenters. The molecule has 7 heteroatoms. The highest BCUT2D eigenvalue weighted by Crippen LogP contribution is 2.43. The molecular formula is C22H28Br4O3. The maximum absolute atomic E-state index is 9.90. The molecule has 0 aromatic heterocycles. The van der Waals surface area contributed by atoms with Gasteiger partial charge in [-0.25, -0.2) is 0 Å². The summed E-state index contributed by atoms with van der Waals surface area (Å²) < 4.78 is 13.2. The highest BCUT2D eigenvalue weighted by atomic mass is 79.9. The van der Waals surface area contributed by atoms with E-state index in [1.54, 1.807) is 7.11 Å². The first-order valence-electron chi connectivity index (χ1n) is 9.33. The van der Waals surface area contributed by atoms with Crippen LogP contribution in [0, 0.1) is 0 Å². The third-order valence-corrected chi connectivity index (χ3v) is 6.55. The van der Waals surface area contributed by atoms with Crippen molar-refractivity contribution in [3.05, 3.63) is 53.3 Å². The van der Waals surface area contributed by atoms with Gasteiger partial charge in [0.1, 0.15) is 11.5 Å². The van der Waals surface area contributed by atoms with E-state index in [1.165, 1.54) is 6.42 Å². The number of phenolic OH excluding ortho intramolecular Hbond substituents is 1. The van der Waals surface area contributed by atoms with Crippen molar-refractivity contribution in [2.45, 2.75) is 52.6 Å². The molecule has 0 aliphatic carbocycles. The fourth-order valence-corrected chi connectivity index (χ4v) is 5.00. The number of hydrogen-bond acceptors (Lipinski definition) is 3. The summed E-state index contributed by atoms with van der Waals surface area (Å²) in [5, 5.41) is 9.90. The zero-order chi connectivity index (χ0) is 22.4. The Morgan fingerprint density at radius 2 is 1.28 bits per heavy atom. The summed E-state index contributed by atoms with van der Waals surface area (Å²) in [6.45, 7) is 11.6. The van der Waals surface area contributed by atoms with E-state index in [0.29, 0.717) is 15.0 Å². The van der Waals surface area contributed by atoms with E-state index < -0.39 is 0 Å². The van der Waals surface area contributed by atoms with Gasteiger partial charge in [0.15, 0.2) is 0 Å². The molecule has 0 radical (unpaired) electrons. The second-order valence-electron chi connectivity index (χ2n) is 7.24. The quantitative estimate of drug-likeness (QED) is 0.336. The minimum Gasteiger partial charge on any atom is -0.506 e. The van der Waals surface area contributed by atoms with Crippen LogP contribution in [0.4, 0.5) is 0 Å². The molecule has 1 fully saturated rings. The van der Waals surface area contributed by atoms with E-state index in [9.17, 15) is 5.11 Å². The summed E-state index contributed by atoms with van der Waals surface area (Å²) in [6, 6.07) is 7.98. The number of halogens is 4. The summed E-state index contributed by atoms with van der Waals surface area (Å²) in [4.78, 5) is 0. The molecule has 2 aromatic carbocycles. The van der Waals surface area contributed by atoms with Gasteiger partial charge in [-0.3, -0.25) is 0 Å². The van der Waals surface area contributed by atoms with Gasteiger partial charge in [0.25, 0.3) is 0 Å². The molecule has 1 saturated heterocycles. The molecule has 1 heterocycles. The highest BCUT2D eigenvalue weighted by molar-refractivity contribution is 9.11. The standard InChI is InChI=1S/C16H14Br4O2.C3H6O.C3H8/c1-16(2,8-4-10(17)14(21)11(18)5-8)9-6-12(19)15(22-3)13(20)7-9;1-3-2-4-3;1-3-2/h4-7,21H,1-3H3;3H,2H2,1H3;3H2,1-2H3. The van der Waals surface area contributed by atoms with Crippen LogP contribution in [0.25, 0.3) is 0 Å². The molecule has 0 bridgehead atoms. The zero-order valence-corrected chi connectivity index (χ0v) is 23.9. The van der Waals surface area contributed by atoms with Crippen LogP contribution in [-0.2, 0) is 10.2 Å². The average molecular weight is 660 g/mol. The van der Waals surface area contributed by atoms with Gasteiger partial charge in [-0.2, -0.15) is 0 Å². The summed E-state index contributed by atoms with van der Waals surface area (Å²) in [5.74, 6) is 0.976. The van der Waals surface area contributed by atoms with Crippen LogP contribution < -0.4 is 4.74 Å². The number of epoxide rings is 1. The van der Waals surface area contributed by atoms with Crippen LogP contribution in [0.5, 0.6) is 11.5 Å². The minimum absolute atomic E-state index is 0.205. The lowest BCUT2D eigenvalue weighted by Gasteiger charge is -2.28. The number of methoxy groups -OCH3 is 1. The average Bonchev–Trinajstić information content (AvgIpc) is 3.42. The van der Waals surface area contributed by atoms with E-state index in [-0.39, 0.29) is 11.2 Å². The Morgan fingerprint density at radius 1 is 0.966 bits per heavy atom. The lowest BCUT2D eigenvalue weighted by Crippen LogP contribution is -2.19. The van der Waals surface area contributed by atoms with Gasteiger partial charge < -0.3 is 14.6 Å². The Balaban J connectivity index is 0.000000511. The van der Waals surface area contributed by atoms with Gasteiger partial charge in [-0.1, -0.05) is 34.1 Å². The molecular weight excluding hydrogens is 632 g/mol. The van der Waals surface area contributed by atoms with E-state index >= 15 is 0 Å². The van der Waals surface area contributed by atoms with Gasteiger partial charge in [0, 0.05) is 5.41 Å². The smallest absolute Gasteiger partial charge is 0.147 e. The normalized spacial score (nSPS) is 14.9. The van der Waals surface area contributed by atoms with Crippen molar-refractivity contribution in [2.24, 2.45) is 0 Å². The predicted octanol–water partition coefficient (Wildman–Crippen LogP) is 8.60. The first-order chi connectivity index (χ1) is 13.5. The Kier molecular flexibility index (Phi) is 11.2. The molecule has 3 nitrogen and oxygen atoms in total. The lowest BCUT2D eigenvalue weighted by atomic mass is 9.78. The van der Waals surface area contributed by atoms with Crippen molar-refractivity contribution in [1.29, 1.82) is 0 Å². The van der Waals surface area contributed by atoms with Crippen LogP contribution in [0.2, 0.25) is 0 Å². The van der Waals surface area contributed by atoms with E-state index in [2.05, 4.69) is 110 Å². The number of hydrogen-bond donors (Lipinski definition) is 1. The number of ether oxygens (including phenoxy) is 2. The lowest BCUT2D eigenvalue weighted by molar-refractivity contribution is 0.409. The van der Waals surface area contributed by atoms with E-state index in [0.717, 1.165) is 32.4 Å². The maximum atomic E-state index is 9.90. The molecule has 3 rings (SSSR count). The Morgan fingerprint density at radius 3 is 1.55 bits per heavy atom. The largest absolute Gasteiger partial charge is 0.506 e. The van der Waals surface area contributed by atoms with Crippen LogP contribution in [0.15, 0.2) is 42.2 Å². The van der Waals surface area contributed by atoms with E-state index in [1.807, 2.05) is 12.1 Å². The molecule has 1 N–H and O–H groups in total. The molecule has 1 aliphatic heterocycles. The Labute approximate surface area is 208 Å². The molecule has 0 amide bonds. The monoisotopic (exact) mass is 656 g/mol. The molecule has 1 aliphatic rings. The summed E-state index contributed by atoms with van der Waals surface area (Å²) in [6.07, 6.45) is 1.83. The van der Waals surface area contributed by atoms with Gasteiger partial charge in [-0.05, 0) is 106 Å². The van der Waals surface area contributed by atoms with Crippen molar-refractivity contribution in [3.8, 4) is 11.5 Å². The molecule has 0 saturated carbocycles. The predicted molar refractivity (Wildman–Crippen MR) is 135 cm³/mol. The third kappa shape index (κ3) is 7.84. The van der Waals surface area contributed by atoms with Crippen molar-refractivity contribution in [1.82, 2.24) is 0 Å². The first kappa shape index (κ1) is 27.0. The summed E-state index contributed by atoms with van der Waals surface area (Å²) in [7, 11) is 1.64.